The predicted octanol–water partition coefficient (Wildman–Crippen LogP) is 5.15. The highest BCUT2D eigenvalue weighted by Crippen LogP contribution is 2.30. The van der Waals surface area contributed by atoms with Crippen LogP contribution in [0.4, 0.5) is 23.2 Å². The summed E-state index contributed by atoms with van der Waals surface area (Å²) >= 11 is 5.70. The third-order valence-corrected chi connectivity index (χ3v) is 3.10. The lowest BCUT2D eigenvalue weighted by Gasteiger charge is -2.07. The van der Waals surface area contributed by atoms with Crippen molar-refractivity contribution in [3.8, 4) is 0 Å². The van der Waals surface area contributed by atoms with Gasteiger partial charge in [-0.2, -0.15) is 13.2 Å². The molecule has 0 aliphatic heterocycles. The van der Waals surface area contributed by atoms with E-state index >= 15 is 0 Å². The molecule has 0 bridgehead atoms. The Labute approximate surface area is 134 Å². The zero-order valence-corrected chi connectivity index (χ0v) is 12.3. The van der Waals surface area contributed by atoms with Crippen molar-refractivity contribution in [2.24, 2.45) is 0 Å². The molecule has 0 aliphatic carbocycles. The maximum absolute atomic E-state index is 13.5. The van der Waals surface area contributed by atoms with Crippen molar-refractivity contribution in [3.05, 3.63) is 70.5 Å². The van der Waals surface area contributed by atoms with E-state index in [2.05, 4.69) is 5.32 Å². The number of alkyl halides is 3. The SMILES string of the molecule is O=C(/C=C/c1cc(C(F)(F)F)ccc1F)Nc1ccc(Cl)cc1. The van der Waals surface area contributed by atoms with Crippen molar-refractivity contribution >= 4 is 29.3 Å². The quantitative estimate of drug-likeness (QED) is 0.606. The first-order valence-corrected chi connectivity index (χ1v) is 6.75. The molecule has 1 amide bonds. The molecule has 7 heteroatoms. The molecule has 0 radical (unpaired) electrons. The van der Waals surface area contributed by atoms with Gasteiger partial charge >= 0.3 is 6.18 Å². The minimum Gasteiger partial charge on any atom is -0.323 e. The van der Waals surface area contributed by atoms with E-state index in [1.807, 2.05) is 0 Å². The Morgan fingerprint density at radius 2 is 1.74 bits per heavy atom. The molecular weight excluding hydrogens is 334 g/mol. The highest BCUT2D eigenvalue weighted by Gasteiger charge is 2.30. The topological polar surface area (TPSA) is 29.1 Å². The molecular formula is C16H10ClF4NO. The minimum absolute atomic E-state index is 0.328. The number of benzene rings is 2. The molecule has 0 atom stereocenters. The monoisotopic (exact) mass is 343 g/mol. The zero-order valence-electron chi connectivity index (χ0n) is 11.5. The number of rotatable bonds is 3. The van der Waals surface area contributed by atoms with Gasteiger partial charge in [-0.25, -0.2) is 4.39 Å². The summed E-state index contributed by atoms with van der Waals surface area (Å²) in [7, 11) is 0. The number of halogens is 5. The summed E-state index contributed by atoms with van der Waals surface area (Å²) < 4.78 is 51.3. The Bertz CT molecular complexity index is 739. The van der Waals surface area contributed by atoms with E-state index in [-0.39, 0.29) is 5.56 Å². The molecule has 0 aliphatic rings. The van der Waals surface area contributed by atoms with Gasteiger partial charge in [-0.1, -0.05) is 11.6 Å². The first-order chi connectivity index (χ1) is 10.8. The molecule has 0 saturated heterocycles. The van der Waals surface area contributed by atoms with Crippen LogP contribution in [0.15, 0.2) is 48.5 Å². The van der Waals surface area contributed by atoms with Gasteiger partial charge in [-0.3, -0.25) is 4.79 Å². The van der Waals surface area contributed by atoms with E-state index in [9.17, 15) is 22.4 Å². The summed E-state index contributed by atoms with van der Waals surface area (Å²) in [4.78, 5) is 11.7. The lowest BCUT2D eigenvalue weighted by atomic mass is 10.1. The summed E-state index contributed by atoms with van der Waals surface area (Å²) in [5.74, 6) is -1.46. The number of carbonyl (C=O) groups excluding carboxylic acids is 1. The summed E-state index contributed by atoms with van der Waals surface area (Å²) in [6.45, 7) is 0. The van der Waals surface area contributed by atoms with Crippen LogP contribution in [0.3, 0.4) is 0 Å². The van der Waals surface area contributed by atoms with E-state index in [0.717, 1.165) is 12.2 Å². The number of nitrogens with one attached hydrogen (secondary N) is 1. The summed E-state index contributed by atoms with van der Waals surface area (Å²) in [6.07, 6.45) is -2.65. The van der Waals surface area contributed by atoms with Crippen LogP contribution in [0.25, 0.3) is 6.08 Å². The maximum Gasteiger partial charge on any atom is 0.416 e. The van der Waals surface area contributed by atoms with Crippen molar-refractivity contribution in [1.29, 1.82) is 0 Å². The van der Waals surface area contributed by atoms with Gasteiger partial charge in [0.1, 0.15) is 5.82 Å². The first-order valence-electron chi connectivity index (χ1n) is 6.37. The lowest BCUT2D eigenvalue weighted by Crippen LogP contribution is -2.08. The highest BCUT2D eigenvalue weighted by atomic mass is 35.5. The highest BCUT2D eigenvalue weighted by molar-refractivity contribution is 6.30. The lowest BCUT2D eigenvalue weighted by molar-refractivity contribution is -0.137. The van der Waals surface area contributed by atoms with Gasteiger partial charge in [0.05, 0.1) is 5.56 Å². The largest absolute Gasteiger partial charge is 0.416 e. The Kier molecular flexibility index (Phi) is 5.05. The van der Waals surface area contributed by atoms with Crippen molar-refractivity contribution in [1.82, 2.24) is 0 Å². The predicted molar refractivity (Wildman–Crippen MR) is 80.5 cm³/mol. The number of amides is 1. The van der Waals surface area contributed by atoms with Crippen molar-refractivity contribution in [2.75, 3.05) is 5.32 Å². The molecule has 0 spiro atoms. The van der Waals surface area contributed by atoms with Gasteiger partial charge in [-0.05, 0) is 48.5 Å². The number of hydrogen-bond acceptors (Lipinski definition) is 1. The fourth-order valence-corrected chi connectivity index (χ4v) is 1.86. The summed E-state index contributed by atoms with van der Waals surface area (Å²) in [5.41, 5.74) is -0.865. The standard InChI is InChI=1S/C16H10ClF4NO/c17-12-3-5-13(6-4-12)22-15(23)8-1-10-9-11(16(19,20)21)2-7-14(10)18/h1-9H,(H,22,23)/b8-1+. The average Bonchev–Trinajstić information content (AvgIpc) is 2.47. The van der Waals surface area contributed by atoms with Gasteiger partial charge in [0.25, 0.3) is 0 Å². The number of anilines is 1. The molecule has 2 aromatic carbocycles. The van der Waals surface area contributed by atoms with E-state index in [1.54, 1.807) is 24.3 Å². The third kappa shape index (κ3) is 4.82. The van der Waals surface area contributed by atoms with Gasteiger partial charge in [-0.15, -0.1) is 0 Å². The molecule has 0 aromatic heterocycles. The van der Waals surface area contributed by atoms with Crippen LogP contribution in [-0.4, -0.2) is 5.91 Å². The third-order valence-electron chi connectivity index (χ3n) is 2.85. The second-order valence-electron chi connectivity index (χ2n) is 4.56. The Morgan fingerprint density at radius 1 is 1.09 bits per heavy atom. The van der Waals surface area contributed by atoms with E-state index < -0.39 is 23.5 Å². The minimum atomic E-state index is -4.58. The van der Waals surface area contributed by atoms with Gasteiger partial charge < -0.3 is 5.32 Å². The van der Waals surface area contributed by atoms with Crippen LogP contribution in [0.2, 0.25) is 5.02 Å². The van der Waals surface area contributed by atoms with Crippen LogP contribution in [-0.2, 0) is 11.0 Å². The second-order valence-corrected chi connectivity index (χ2v) is 5.00. The molecule has 2 aromatic rings. The molecule has 2 nitrogen and oxygen atoms in total. The molecule has 120 valence electrons. The van der Waals surface area contributed by atoms with Crippen LogP contribution in [0.1, 0.15) is 11.1 Å². The van der Waals surface area contributed by atoms with Gasteiger partial charge in [0.15, 0.2) is 0 Å². The summed E-state index contributed by atoms with van der Waals surface area (Å²) in [6, 6.07) is 8.22. The maximum atomic E-state index is 13.5. The normalized spacial score (nSPS) is 11.7. The van der Waals surface area contributed by atoms with Crippen LogP contribution >= 0.6 is 11.6 Å². The fourth-order valence-electron chi connectivity index (χ4n) is 1.73. The van der Waals surface area contributed by atoms with Crippen molar-refractivity contribution in [3.63, 3.8) is 0 Å². The average molecular weight is 344 g/mol. The number of carbonyl (C=O) groups is 1. The number of hydrogen-bond donors (Lipinski definition) is 1. The van der Waals surface area contributed by atoms with Crippen LogP contribution in [0, 0.1) is 5.82 Å². The molecule has 0 saturated carbocycles. The van der Waals surface area contributed by atoms with Gasteiger partial charge in [0, 0.05) is 22.3 Å². The van der Waals surface area contributed by atoms with Crippen molar-refractivity contribution in [2.45, 2.75) is 6.18 Å². The summed E-state index contributed by atoms with van der Waals surface area (Å²) in [5, 5.41) is 2.96. The second kappa shape index (κ2) is 6.83. The van der Waals surface area contributed by atoms with E-state index in [4.69, 9.17) is 11.6 Å². The van der Waals surface area contributed by atoms with E-state index in [0.29, 0.717) is 28.9 Å². The molecule has 0 fully saturated rings. The molecule has 2 rings (SSSR count). The fraction of sp³-hybridized carbons (Fsp3) is 0.0625. The molecule has 23 heavy (non-hydrogen) atoms. The first kappa shape index (κ1) is 17.0. The van der Waals surface area contributed by atoms with Crippen LogP contribution in [0.5, 0.6) is 0 Å². The Hall–Kier alpha value is -2.34. The van der Waals surface area contributed by atoms with Crippen LogP contribution < -0.4 is 5.32 Å². The Morgan fingerprint density at radius 3 is 2.35 bits per heavy atom. The Balaban J connectivity index is 2.13. The van der Waals surface area contributed by atoms with E-state index in [1.165, 1.54) is 0 Å². The van der Waals surface area contributed by atoms with Crippen molar-refractivity contribution < 1.29 is 22.4 Å². The zero-order chi connectivity index (χ0) is 17.0. The smallest absolute Gasteiger partial charge is 0.323 e. The molecule has 0 heterocycles. The molecule has 1 N–H and O–H groups in total. The van der Waals surface area contributed by atoms with Gasteiger partial charge in [0.2, 0.25) is 5.91 Å². The molecule has 0 unspecified atom stereocenters.